The molecule has 23 heavy (non-hydrogen) atoms. The van der Waals surface area contributed by atoms with Crippen LogP contribution in [0.4, 0.5) is 5.69 Å². The number of hydrogen-bond acceptors (Lipinski definition) is 4. The number of aryl methyl sites for hydroxylation is 1. The molecular formula is C16H20N2O4S. The summed E-state index contributed by atoms with van der Waals surface area (Å²) in [7, 11) is -3.03. The molecule has 0 saturated carbocycles. The van der Waals surface area contributed by atoms with Crippen molar-refractivity contribution in [3.8, 4) is 0 Å². The lowest BCUT2D eigenvalue weighted by Gasteiger charge is -2.23. The molecule has 1 saturated heterocycles. The fraction of sp³-hybridized carbons (Fsp3) is 0.500. The van der Waals surface area contributed by atoms with E-state index in [2.05, 4.69) is 5.32 Å². The van der Waals surface area contributed by atoms with Crippen LogP contribution in [0, 0.1) is 0 Å². The Kier molecular flexibility index (Phi) is 4.39. The van der Waals surface area contributed by atoms with Gasteiger partial charge in [0.05, 0.1) is 11.5 Å². The molecule has 0 bridgehead atoms. The minimum atomic E-state index is -3.03. The maximum Gasteiger partial charge on any atom is 0.240 e. The molecule has 0 aliphatic carbocycles. The molecule has 2 aliphatic rings. The van der Waals surface area contributed by atoms with Crippen molar-refractivity contribution in [2.24, 2.45) is 0 Å². The van der Waals surface area contributed by atoms with Crippen LogP contribution in [0.25, 0.3) is 0 Å². The summed E-state index contributed by atoms with van der Waals surface area (Å²) in [6.07, 6.45) is 2.45. The molecule has 0 radical (unpaired) electrons. The topological polar surface area (TPSA) is 83.6 Å². The molecule has 1 atom stereocenters. The number of nitrogens with one attached hydrogen (secondary N) is 1. The Balaban J connectivity index is 1.71. The van der Waals surface area contributed by atoms with E-state index in [4.69, 9.17) is 0 Å². The number of fused-ring (bicyclic) bond motifs is 1. The van der Waals surface area contributed by atoms with Gasteiger partial charge in [0.2, 0.25) is 11.8 Å². The molecule has 1 aromatic rings. The predicted molar refractivity (Wildman–Crippen MR) is 86.9 cm³/mol. The van der Waals surface area contributed by atoms with Crippen LogP contribution >= 0.6 is 0 Å². The SMILES string of the molecule is O=C(CN1C(=O)CCCc2ccccc21)N[C@H]1CCS(=O)(=O)C1. The molecule has 6 nitrogen and oxygen atoms in total. The van der Waals surface area contributed by atoms with Gasteiger partial charge in [0, 0.05) is 18.2 Å². The second-order valence-corrected chi connectivity index (χ2v) is 8.36. The summed E-state index contributed by atoms with van der Waals surface area (Å²) in [4.78, 5) is 26.1. The Labute approximate surface area is 135 Å². The fourth-order valence-corrected chi connectivity index (χ4v) is 4.86. The number of anilines is 1. The van der Waals surface area contributed by atoms with E-state index >= 15 is 0 Å². The predicted octanol–water partition coefficient (Wildman–Crippen LogP) is 0.659. The van der Waals surface area contributed by atoms with Gasteiger partial charge in [-0.25, -0.2) is 8.42 Å². The molecule has 124 valence electrons. The molecule has 3 rings (SSSR count). The van der Waals surface area contributed by atoms with Crippen LogP contribution in [0.15, 0.2) is 24.3 Å². The highest BCUT2D eigenvalue weighted by Gasteiger charge is 2.30. The van der Waals surface area contributed by atoms with Gasteiger partial charge in [-0.05, 0) is 30.9 Å². The van der Waals surface area contributed by atoms with Crippen LogP contribution in [-0.4, -0.2) is 44.3 Å². The highest BCUT2D eigenvalue weighted by atomic mass is 32.2. The van der Waals surface area contributed by atoms with Gasteiger partial charge in [0.25, 0.3) is 0 Å². The Hall–Kier alpha value is -1.89. The summed E-state index contributed by atoms with van der Waals surface area (Å²) >= 11 is 0. The standard InChI is InChI=1S/C16H20N2O4S/c19-15(17-13-8-9-23(21,22)11-13)10-18-14-6-2-1-4-12(14)5-3-7-16(18)20/h1-2,4,6,13H,3,5,7-11H2,(H,17,19)/t13-/m0/s1. The third-order valence-corrected chi connectivity index (χ3v) is 6.09. The highest BCUT2D eigenvalue weighted by molar-refractivity contribution is 7.91. The Morgan fingerprint density at radius 2 is 2.04 bits per heavy atom. The lowest BCUT2D eigenvalue weighted by Crippen LogP contribution is -2.44. The quantitative estimate of drug-likeness (QED) is 0.879. The van der Waals surface area contributed by atoms with E-state index in [1.54, 1.807) is 0 Å². The third-order valence-electron chi connectivity index (χ3n) is 4.32. The van der Waals surface area contributed by atoms with Crippen molar-refractivity contribution in [2.75, 3.05) is 23.0 Å². The fourth-order valence-electron chi connectivity index (χ4n) is 3.18. The summed E-state index contributed by atoms with van der Waals surface area (Å²) in [6, 6.07) is 7.26. The van der Waals surface area contributed by atoms with Crippen molar-refractivity contribution in [2.45, 2.75) is 31.7 Å². The maximum atomic E-state index is 12.3. The van der Waals surface area contributed by atoms with Gasteiger partial charge in [-0.1, -0.05) is 18.2 Å². The summed E-state index contributed by atoms with van der Waals surface area (Å²) < 4.78 is 22.9. The van der Waals surface area contributed by atoms with Gasteiger partial charge in [-0.2, -0.15) is 0 Å². The molecule has 0 aromatic heterocycles. The number of nitrogens with zero attached hydrogens (tertiary/aromatic N) is 1. The number of sulfone groups is 1. The summed E-state index contributed by atoms with van der Waals surface area (Å²) in [5, 5.41) is 2.74. The van der Waals surface area contributed by atoms with Gasteiger partial charge >= 0.3 is 0 Å². The largest absolute Gasteiger partial charge is 0.351 e. The van der Waals surface area contributed by atoms with E-state index in [0.29, 0.717) is 12.8 Å². The molecule has 0 unspecified atom stereocenters. The Morgan fingerprint density at radius 1 is 1.26 bits per heavy atom. The number of rotatable bonds is 3. The molecule has 2 heterocycles. The van der Waals surface area contributed by atoms with E-state index in [0.717, 1.165) is 24.1 Å². The van der Waals surface area contributed by atoms with Gasteiger partial charge < -0.3 is 10.2 Å². The van der Waals surface area contributed by atoms with E-state index in [1.165, 1.54) is 4.90 Å². The first-order valence-electron chi connectivity index (χ1n) is 7.83. The summed E-state index contributed by atoms with van der Waals surface area (Å²) in [6.45, 7) is -0.0631. The average Bonchev–Trinajstić information content (AvgIpc) is 2.75. The van der Waals surface area contributed by atoms with E-state index in [1.807, 2.05) is 24.3 Å². The number of para-hydroxylation sites is 1. The first kappa shape index (κ1) is 16.0. The minimum absolute atomic E-state index is 0.0106. The number of benzene rings is 1. The second-order valence-electron chi connectivity index (χ2n) is 6.13. The zero-order valence-electron chi connectivity index (χ0n) is 12.8. The molecule has 1 N–H and O–H groups in total. The number of hydrogen-bond donors (Lipinski definition) is 1. The monoisotopic (exact) mass is 336 g/mol. The van der Waals surface area contributed by atoms with Crippen LogP contribution in [0.5, 0.6) is 0 Å². The summed E-state index contributed by atoms with van der Waals surface area (Å²) in [5.41, 5.74) is 1.85. The van der Waals surface area contributed by atoms with Crippen molar-refractivity contribution in [1.29, 1.82) is 0 Å². The van der Waals surface area contributed by atoms with E-state index < -0.39 is 9.84 Å². The number of carbonyl (C=O) groups is 2. The van der Waals surface area contributed by atoms with Gasteiger partial charge in [0.15, 0.2) is 9.84 Å². The van der Waals surface area contributed by atoms with Gasteiger partial charge in [-0.3, -0.25) is 9.59 Å². The van der Waals surface area contributed by atoms with E-state index in [-0.39, 0.29) is 35.9 Å². The normalized spacial score (nSPS) is 23.2. The first-order chi connectivity index (χ1) is 10.9. The number of carbonyl (C=O) groups excluding carboxylic acids is 2. The molecule has 2 aliphatic heterocycles. The third kappa shape index (κ3) is 3.72. The molecule has 2 amide bonds. The van der Waals surface area contributed by atoms with Crippen LogP contribution in [0.2, 0.25) is 0 Å². The molecule has 1 fully saturated rings. The first-order valence-corrected chi connectivity index (χ1v) is 9.65. The minimum Gasteiger partial charge on any atom is -0.351 e. The van der Waals surface area contributed by atoms with Crippen LogP contribution in [0.3, 0.4) is 0 Å². The van der Waals surface area contributed by atoms with Crippen molar-refractivity contribution in [1.82, 2.24) is 5.32 Å². The number of amides is 2. The highest BCUT2D eigenvalue weighted by Crippen LogP contribution is 2.26. The molecule has 7 heteroatoms. The lowest BCUT2D eigenvalue weighted by molar-refractivity contribution is -0.124. The zero-order valence-corrected chi connectivity index (χ0v) is 13.6. The van der Waals surface area contributed by atoms with Crippen LogP contribution in [-0.2, 0) is 25.8 Å². The van der Waals surface area contributed by atoms with Crippen LogP contribution < -0.4 is 10.2 Å². The van der Waals surface area contributed by atoms with Gasteiger partial charge in [0.1, 0.15) is 6.54 Å². The van der Waals surface area contributed by atoms with Crippen LogP contribution in [0.1, 0.15) is 24.8 Å². The summed E-state index contributed by atoms with van der Waals surface area (Å²) in [5.74, 6) is -0.270. The Morgan fingerprint density at radius 3 is 2.78 bits per heavy atom. The van der Waals surface area contributed by atoms with E-state index in [9.17, 15) is 18.0 Å². The van der Waals surface area contributed by atoms with Crippen molar-refractivity contribution >= 4 is 27.3 Å². The smallest absolute Gasteiger partial charge is 0.240 e. The van der Waals surface area contributed by atoms with Crippen molar-refractivity contribution < 1.29 is 18.0 Å². The van der Waals surface area contributed by atoms with Crippen molar-refractivity contribution in [3.63, 3.8) is 0 Å². The molecular weight excluding hydrogens is 316 g/mol. The lowest BCUT2D eigenvalue weighted by atomic mass is 10.1. The second kappa shape index (κ2) is 6.31. The average molecular weight is 336 g/mol. The maximum absolute atomic E-state index is 12.3. The van der Waals surface area contributed by atoms with Gasteiger partial charge in [-0.15, -0.1) is 0 Å². The van der Waals surface area contributed by atoms with Crippen molar-refractivity contribution in [3.05, 3.63) is 29.8 Å². The zero-order chi connectivity index (χ0) is 16.4. The Bertz CT molecular complexity index is 729. The molecule has 1 aromatic carbocycles. The molecule has 0 spiro atoms.